The molecule has 0 saturated carbocycles. The molecule has 0 amide bonds. The molecular formula is C15H19Cl2N3O. The Hall–Kier alpha value is -0.810. The Morgan fingerprint density at radius 3 is 3.00 bits per heavy atom. The Labute approximate surface area is 134 Å². The maximum atomic E-state index is 9.76. The summed E-state index contributed by atoms with van der Waals surface area (Å²) in [6.45, 7) is 4.62. The summed E-state index contributed by atoms with van der Waals surface area (Å²) in [4.78, 5) is 6.93. The minimum atomic E-state index is -0.248. The highest BCUT2D eigenvalue weighted by atomic mass is 35.5. The van der Waals surface area contributed by atoms with Crippen LogP contribution in [0.3, 0.4) is 0 Å². The molecule has 1 aliphatic rings. The number of pyridine rings is 1. The van der Waals surface area contributed by atoms with Crippen LogP contribution >= 0.6 is 23.2 Å². The lowest BCUT2D eigenvalue weighted by molar-refractivity contribution is 0.0595. The van der Waals surface area contributed by atoms with Gasteiger partial charge in [-0.3, -0.25) is 4.90 Å². The van der Waals surface area contributed by atoms with E-state index in [1.807, 2.05) is 23.7 Å². The Bertz CT molecular complexity index is 641. The zero-order valence-corrected chi connectivity index (χ0v) is 13.5. The maximum Gasteiger partial charge on any atom is 0.156 e. The Morgan fingerprint density at radius 1 is 1.43 bits per heavy atom. The third-order valence-corrected chi connectivity index (χ3v) is 4.62. The summed E-state index contributed by atoms with van der Waals surface area (Å²) in [5.74, 6) is 0.355. The molecule has 2 aromatic rings. The van der Waals surface area contributed by atoms with Crippen molar-refractivity contribution in [1.82, 2.24) is 14.3 Å². The van der Waals surface area contributed by atoms with E-state index in [-0.39, 0.29) is 6.10 Å². The molecule has 21 heavy (non-hydrogen) atoms. The number of nitrogens with zero attached hydrogens (tertiary/aromatic N) is 3. The predicted molar refractivity (Wildman–Crippen MR) is 84.9 cm³/mol. The van der Waals surface area contributed by atoms with Gasteiger partial charge in [0.15, 0.2) is 5.65 Å². The van der Waals surface area contributed by atoms with Crippen molar-refractivity contribution in [3.63, 3.8) is 0 Å². The molecule has 2 unspecified atom stereocenters. The lowest BCUT2D eigenvalue weighted by atomic mass is 9.93. The first kappa shape index (κ1) is 15.1. The van der Waals surface area contributed by atoms with E-state index in [4.69, 9.17) is 23.2 Å². The molecule has 0 radical (unpaired) electrons. The highest BCUT2D eigenvalue weighted by Gasteiger charge is 2.24. The first-order valence-electron chi connectivity index (χ1n) is 7.26. The van der Waals surface area contributed by atoms with E-state index in [1.54, 1.807) is 6.07 Å². The monoisotopic (exact) mass is 327 g/mol. The number of fused-ring (bicyclic) bond motifs is 1. The van der Waals surface area contributed by atoms with Gasteiger partial charge in [-0.05, 0) is 38.3 Å². The molecule has 3 rings (SSSR count). The van der Waals surface area contributed by atoms with E-state index in [2.05, 4.69) is 9.88 Å². The highest BCUT2D eigenvalue weighted by Crippen LogP contribution is 2.24. The zero-order chi connectivity index (χ0) is 15.0. The summed E-state index contributed by atoms with van der Waals surface area (Å²) in [6.07, 6.45) is 5.76. The third kappa shape index (κ3) is 3.34. The predicted octanol–water partition coefficient (Wildman–Crippen LogP) is 3.23. The van der Waals surface area contributed by atoms with Crippen molar-refractivity contribution in [2.24, 2.45) is 5.92 Å². The lowest BCUT2D eigenvalue weighted by Gasteiger charge is -2.33. The van der Waals surface area contributed by atoms with Crippen molar-refractivity contribution >= 4 is 28.8 Å². The van der Waals surface area contributed by atoms with Crippen LogP contribution in [0.2, 0.25) is 10.0 Å². The molecule has 6 heteroatoms. The summed E-state index contributed by atoms with van der Waals surface area (Å²) in [5, 5.41) is 10.9. The Kier molecular flexibility index (Phi) is 4.41. The minimum absolute atomic E-state index is 0.248. The van der Waals surface area contributed by atoms with Gasteiger partial charge in [0.1, 0.15) is 0 Å². The molecule has 0 spiro atoms. The highest BCUT2D eigenvalue weighted by molar-refractivity contribution is 6.36. The molecule has 2 aromatic heterocycles. The van der Waals surface area contributed by atoms with Gasteiger partial charge in [0.25, 0.3) is 0 Å². The van der Waals surface area contributed by atoms with Crippen LogP contribution in [0.5, 0.6) is 0 Å². The van der Waals surface area contributed by atoms with Crippen LogP contribution in [0.15, 0.2) is 18.5 Å². The standard InChI is InChI=1S/C15H19Cl2N3O/c1-10(21)11-3-2-4-19(6-11)8-13-9-20-7-12(16)5-14(17)15(20)18-13/h5,7,9-11,21H,2-4,6,8H2,1H3. The van der Waals surface area contributed by atoms with Crippen LogP contribution in [0.25, 0.3) is 5.65 Å². The summed E-state index contributed by atoms with van der Waals surface area (Å²) in [5.41, 5.74) is 1.71. The van der Waals surface area contributed by atoms with Crippen LogP contribution in [0, 0.1) is 5.92 Å². The molecule has 1 aliphatic heterocycles. The molecule has 4 nitrogen and oxygen atoms in total. The van der Waals surface area contributed by atoms with E-state index >= 15 is 0 Å². The van der Waals surface area contributed by atoms with Crippen molar-refractivity contribution < 1.29 is 5.11 Å². The van der Waals surface area contributed by atoms with Crippen LogP contribution in [-0.4, -0.2) is 38.6 Å². The van der Waals surface area contributed by atoms with Gasteiger partial charge >= 0.3 is 0 Å². The maximum absolute atomic E-state index is 9.76. The summed E-state index contributed by atoms with van der Waals surface area (Å²) < 4.78 is 1.87. The quantitative estimate of drug-likeness (QED) is 0.940. The average Bonchev–Trinajstić information content (AvgIpc) is 2.81. The fourth-order valence-electron chi connectivity index (χ4n) is 3.01. The largest absolute Gasteiger partial charge is 0.393 e. The number of piperidine rings is 1. The number of halogens is 2. The lowest BCUT2D eigenvalue weighted by Crippen LogP contribution is -2.39. The van der Waals surface area contributed by atoms with Gasteiger partial charge in [-0.2, -0.15) is 0 Å². The number of imidazole rings is 1. The molecular weight excluding hydrogens is 309 g/mol. The second kappa shape index (κ2) is 6.13. The summed E-state index contributed by atoms with van der Waals surface area (Å²) >= 11 is 12.2. The van der Waals surface area contributed by atoms with Crippen LogP contribution in [-0.2, 0) is 6.54 Å². The molecule has 114 valence electrons. The summed E-state index contributed by atoms with van der Waals surface area (Å²) in [6, 6.07) is 1.71. The van der Waals surface area contributed by atoms with Crippen molar-refractivity contribution in [1.29, 1.82) is 0 Å². The number of hydrogen-bond acceptors (Lipinski definition) is 3. The van der Waals surface area contributed by atoms with Gasteiger partial charge in [-0.25, -0.2) is 4.98 Å². The fourth-order valence-corrected chi connectivity index (χ4v) is 3.54. The van der Waals surface area contributed by atoms with Crippen molar-refractivity contribution in [2.75, 3.05) is 13.1 Å². The number of aliphatic hydroxyl groups excluding tert-OH is 1. The molecule has 1 N–H and O–H groups in total. The minimum Gasteiger partial charge on any atom is -0.393 e. The van der Waals surface area contributed by atoms with E-state index in [9.17, 15) is 5.11 Å². The van der Waals surface area contributed by atoms with Gasteiger partial charge in [0.05, 0.1) is 21.8 Å². The average molecular weight is 328 g/mol. The van der Waals surface area contributed by atoms with Crippen LogP contribution < -0.4 is 0 Å². The molecule has 3 heterocycles. The van der Waals surface area contributed by atoms with Gasteiger partial charge in [0.2, 0.25) is 0 Å². The third-order valence-electron chi connectivity index (χ3n) is 4.13. The van der Waals surface area contributed by atoms with Crippen molar-refractivity contribution in [3.05, 3.63) is 34.2 Å². The second-order valence-corrected chi connectivity index (χ2v) is 6.69. The zero-order valence-electron chi connectivity index (χ0n) is 12.0. The number of aliphatic hydroxyl groups is 1. The van der Waals surface area contributed by atoms with Gasteiger partial charge in [-0.1, -0.05) is 23.2 Å². The van der Waals surface area contributed by atoms with E-state index in [1.165, 1.54) is 0 Å². The van der Waals surface area contributed by atoms with Crippen molar-refractivity contribution in [3.8, 4) is 0 Å². The molecule has 1 fully saturated rings. The molecule has 1 saturated heterocycles. The Balaban J connectivity index is 1.77. The topological polar surface area (TPSA) is 40.8 Å². The summed E-state index contributed by atoms with van der Waals surface area (Å²) in [7, 11) is 0. The van der Waals surface area contributed by atoms with E-state index in [0.29, 0.717) is 16.0 Å². The smallest absolute Gasteiger partial charge is 0.156 e. The van der Waals surface area contributed by atoms with Gasteiger partial charge in [0, 0.05) is 25.5 Å². The van der Waals surface area contributed by atoms with Crippen LogP contribution in [0.4, 0.5) is 0 Å². The normalized spacial score (nSPS) is 21.8. The van der Waals surface area contributed by atoms with Crippen molar-refractivity contribution in [2.45, 2.75) is 32.4 Å². The number of rotatable bonds is 3. The number of aromatic nitrogens is 2. The second-order valence-electron chi connectivity index (χ2n) is 5.85. The molecule has 0 aliphatic carbocycles. The molecule has 2 atom stereocenters. The fraction of sp³-hybridized carbons (Fsp3) is 0.533. The SMILES string of the molecule is CC(O)C1CCCN(Cc2cn3cc(Cl)cc(Cl)c3n2)C1. The Morgan fingerprint density at radius 2 is 2.24 bits per heavy atom. The first-order chi connectivity index (χ1) is 10.0. The van der Waals surface area contributed by atoms with E-state index < -0.39 is 0 Å². The van der Waals surface area contributed by atoms with Crippen LogP contribution in [0.1, 0.15) is 25.5 Å². The number of hydrogen-bond donors (Lipinski definition) is 1. The van der Waals surface area contributed by atoms with Gasteiger partial charge < -0.3 is 9.51 Å². The molecule has 0 aromatic carbocycles. The first-order valence-corrected chi connectivity index (χ1v) is 8.01. The van der Waals surface area contributed by atoms with E-state index in [0.717, 1.165) is 43.8 Å². The number of likely N-dealkylation sites (tertiary alicyclic amines) is 1. The molecule has 0 bridgehead atoms. The van der Waals surface area contributed by atoms with Gasteiger partial charge in [-0.15, -0.1) is 0 Å².